The Morgan fingerprint density at radius 2 is 1.77 bits per heavy atom. The van der Waals surface area contributed by atoms with E-state index in [4.69, 9.17) is 17.3 Å². The van der Waals surface area contributed by atoms with E-state index in [0.29, 0.717) is 17.0 Å². The number of hydrogen-bond acceptors (Lipinski definition) is 6. The highest BCUT2D eigenvalue weighted by molar-refractivity contribution is 6.30. The van der Waals surface area contributed by atoms with E-state index in [0.717, 1.165) is 14.0 Å². The van der Waals surface area contributed by atoms with Gasteiger partial charge in [0, 0.05) is 18.6 Å². The molecule has 10 nitrogen and oxygen atoms in total. The molecule has 0 radical (unpaired) electrons. The number of carbonyl (C=O) groups excluding carboxylic acids is 3. The number of nitrogens with zero attached hydrogens (tertiary/aromatic N) is 3. The molecule has 1 aliphatic heterocycles. The number of urea groups is 1. The zero-order valence-electron chi connectivity index (χ0n) is 17.3. The van der Waals surface area contributed by atoms with Crippen LogP contribution in [-0.4, -0.2) is 38.3 Å². The van der Waals surface area contributed by atoms with Crippen LogP contribution in [0.15, 0.2) is 33.9 Å². The molecule has 1 atom stereocenters. The lowest BCUT2D eigenvalue weighted by atomic mass is 9.92. The maximum Gasteiger partial charge on any atom is 0.332 e. The molecule has 31 heavy (non-hydrogen) atoms. The number of amides is 3. The van der Waals surface area contributed by atoms with Gasteiger partial charge in [-0.2, -0.15) is 0 Å². The number of nitrogen functional groups attached to an aromatic ring is 1. The first-order valence-corrected chi connectivity index (χ1v) is 9.93. The van der Waals surface area contributed by atoms with Crippen molar-refractivity contribution in [2.45, 2.75) is 32.4 Å². The van der Waals surface area contributed by atoms with Crippen molar-refractivity contribution < 1.29 is 14.4 Å². The first-order chi connectivity index (χ1) is 14.5. The highest BCUT2D eigenvalue weighted by atomic mass is 35.5. The minimum Gasteiger partial charge on any atom is -0.384 e. The second-order valence-corrected chi connectivity index (χ2v) is 7.87. The van der Waals surface area contributed by atoms with Crippen LogP contribution in [0.5, 0.6) is 0 Å². The fourth-order valence-electron chi connectivity index (χ4n) is 3.53. The van der Waals surface area contributed by atoms with Gasteiger partial charge >= 0.3 is 11.7 Å². The summed E-state index contributed by atoms with van der Waals surface area (Å²) in [6, 6.07) is 5.57. The predicted octanol–water partition coefficient (Wildman–Crippen LogP) is 0.842. The molecule has 1 fully saturated rings. The van der Waals surface area contributed by atoms with Gasteiger partial charge in [-0.1, -0.05) is 30.7 Å². The number of carbonyl (C=O) groups is 3. The van der Waals surface area contributed by atoms with Gasteiger partial charge in [0.2, 0.25) is 0 Å². The van der Waals surface area contributed by atoms with Gasteiger partial charge in [0.1, 0.15) is 16.9 Å². The van der Waals surface area contributed by atoms with Crippen LogP contribution in [0, 0.1) is 0 Å². The van der Waals surface area contributed by atoms with E-state index in [2.05, 4.69) is 5.32 Å². The summed E-state index contributed by atoms with van der Waals surface area (Å²) in [5.74, 6) is -1.79. The fraction of sp³-hybridized carbons (Fsp3) is 0.350. The van der Waals surface area contributed by atoms with Crippen molar-refractivity contribution in [3.63, 3.8) is 0 Å². The number of benzene rings is 1. The van der Waals surface area contributed by atoms with Gasteiger partial charge in [0.05, 0.1) is 6.54 Å². The summed E-state index contributed by atoms with van der Waals surface area (Å²) in [7, 11) is 1.23. The lowest BCUT2D eigenvalue weighted by Crippen LogP contribution is -2.45. The van der Waals surface area contributed by atoms with Crippen LogP contribution in [-0.2, 0) is 23.9 Å². The van der Waals surface area contributed by atoms with Crippen molar-refractivity contribution in [3.05, 3.63) is 61.3 Å². The molecule has 0 spiro atoms. The largest absolute Gasteiger partial charge is 0.384 e. The van der Waals surface area contributed by atoms with Crippen molar-refractivity contribution >= 4 is 35.1 Å². The standard InChI is InChI=1S/C20H22ClN5O5/c1-4-9-25-15(22)14(16(28)24(3)19(25)31)13(27)10-26-17(29)20(2,23-18(26)30)11-5-7-12(21)8-6-11/h5-8H,4,9-10,22H2,1-3H3,(H,23,30). The molecule has 3 rings (SSSR count). The van der Waals surface area contributed by atoms with E-state index in [-0.39, 0.29) is 12.4 Å². The minimum atomic E-state index is -1.40. The SMILES string of the molecule is CCCn1c(N)c(C(=O)CN2C(=O)NC(C)(c3ccc(Cl)cc3)C2=O)c(=O)n(C)c1=O. The molecule has 3 N–H and O–H groups in total. The molecular weight excluding hydrogens is 426 g/mol. The third-order valence-electron chi connectivity index (χ3n) is 5.31. The van der Waals surface area contributed by atoms with E-state index in [1.807, 2.05) is 6.92 Å². The molecule has 0 bridgehead atoms. The van der Waals surface area contributed by atoms with E-state index in [9.17, 15) is 24.0 Å². The number of hydrogen-bond donors (Lipinski definition) is 2. The molecule has 2 heterocycles. The van der Waals surface area contributed by atoms with Gasteiger partial charge in [-0.15, -0.1) is 0 Å². The number of aromatic nitrogens is 2. The minimum absolute atomic E-state index is 0.205. The fourth-order valence-corrected chi connectivity index (χ4v) is 3.65. The molecular formula is C20H22ClN5O5. The van der Waals surface area contributed by atoms with Gasteiger partial charge in [-0.05, 0) is 31.0 Å². The quantitative estimate of drug-likeness (QED) is 0.497. The van der Waals surface area contributed by atoms with Crippen LogP contribution in [0.3, 0.4) is 0 Å². The zero-order chi connectivity index (χ0) is 23.1. The van der Waals surface area contributed by atoms with Gasteiger partial charge in [0.15, 0.2) is 5.78 Å². The molecule has 164 valence electrons. The summed E-state index contributed by atoms with van der Waals surface area (Å²) in [6.07, 6.45) is 0.544. The van der Waals surface area contributed by atoms with Crippen LogP contribution < -0.4 is 22.3 Å². The van der Waals surface area contributed by atoms with Crippen molar-refractivity contribution in [1.29, 1.82) is 0 Å². The Balaban J connectivity index is 1.97. The number of halogens is 1. The third kappa shape index (κ3) is 3.63. The predicted molar refractivity (Wildman–Crippen MR) is 114 cm³/mol. The first-order valence-electron chi connectivity index (χ1n) is 9.55. The van der Waals surface area contributed by atoms with E-state index >= 15 is 0 Å². The molecule has 0 aliphatic carbocycles. The van der Waals surface area contributed by atoms with Crippen LogP contribution in [0.2, 0.25) is 5.02 Å². The van der Waals surface area contributed by atoms with Crippen LogP contribution >= 0.6 is 11.6 Å². The highest BCUT2D eigenvalue weighted by Crippen LogP contribution is 2.29. The Bertz CT molecular complexity index is 1200. The van der Waals surface area contributed by atoms with Crippen molar-refractivity contribution in [2.75, 3.05) is 12.3 Å². The Morgan fingerprint density at radius 3 is 2.35 bits per heavy atom. The maximum absolute atomic E-state index is 13.0. The Hall–Kier alpha value is -3.40. The van der Waals surface area contributed by atoms with E-state index in [1.165, 1.54) is 14.0 Å². The molecule has 1 aromatic carbocycles. The number of ketones is 1. The molecule has 2 aromatic rings. The third-order valence-corrected chi connectivity index (χ3v) is 5.56. The molecule has 1 aromatic heterocycles. The lowest BCUT2D eigenvalue weighted by Gasteiger charge is -2.22. The average molecular weight is 448 g/mol. The van der Waals surface area contributed by atoms with E-state index in [1.54, 1.807) is 24.3 Å². The molecule has 3 amide bonds. The zero-order valence-corrected chi connectivity index (χ0v) is 18.0. The van der Waals surface area contributed by atoms with Crippen LogP contribution in [0.1, 0.15) is 36.2 Å². The van der Waals surface area contributed by atoms with Crippen LogP contribution in [0.4, 0.5) is 10.6 Å². The second kappa shape index (κ2) is 8.03. The van der Waals surface area contributed by atoms with Gasteiger partial charge in [-0.3, -0.25) is 28.4 Å². The number of imide groups is 1. The summed E-state index contributed by atoms with van der Waals surface area (Å²) in [6.45, 7) is 2.83. The van der Waals surface area contributed by atoms with Gasteiger partial charge in [0.25, 0.3) is 11.5 Å². The normalized spacial score (nSPS) is 18.4. The summed E-state index contributed by atoms with van der Waals surface area (Å²) in [4.78, 5) is 64.1. The smallest absolute Gasteiger partial charge is 0.332 e. The topological polar surface area (TPSA) is 136 Å². The monoisotopic (exact) mass is 447 g/mol. The molecule has 1 aliphatic rings. The number of nitrogens with two attached hydrogens (primary N) is 1. The highest BCUT2D eigenvalue weighted by Gasteiger charge is 2.49. The molecule has 1 saturated heterocycles. The number of Topliss-reactive ketones (excluding diaryl/α,β-unsaturated/α-hetero) is 1. The molecule has 0 saturated carbocycles. The van der Waals surface area contributed by atoms with E-state index < -0.39 is 46.6 Å². The Labute approximate surface area is 182 Å². The summed E-state index contributed by atoms with van der Waals surface area (Å²) < 4.78 is 1.90. The molecule has 1 unspecified atom stereocenters. The van der Waals surface area contributed by atoms with Crippen molar-refractivity contribution in [3.8, 4) is 0 Å². The second-order valence-electron chi connectivity index (χ2n) is 7.44. The average Bonchev–Trinajstić information content (AvgIpc) is 2.94. The molecule has 11 heteroatoms. The number of anilines is 1. The van der Waals surface area contributed by atoms with Crippen molar-refractivity contribution in [2.24, 2.45) is 7.05 Å². The van der Waals surface area contributed by atoms with Gasteiger partial charge < -0.3 is 11.1 Å². The van der Waals surface area contributed by atoms with Gasteiger partial charge in [-0.25, -0.2) is 9.59 Å². The summed E-state index contributed by atoms with van der Waals surface area (Å²) in [5, 5.41) is 3.04. The Morgan fingerprint density at radius 1 is 1.16 bits per heavy atom. The maximum atomic E-state index is 13.0. The number of nitrogens with one attached hydrogen (secondary N) is 1. The summed E-state index contributed by atoms with van der Waals surface area (Å²) >= 11 is 5.89. The van der Waals surface area contributed by atoms with Crippen molar-refractivity contribution in [1.82, 2.24) is 19.4 Å². The lowest BCUT2D eigenvalue weighted by molar-refractivity contribution is -0.130. The summed E-state index contributed by atoms with van der Waals surface area (Å²) in [5.41, 5.74) is 3.07. The first kappa shape index (κ1) is 22.3. The Kier molecular flexibility index (Phi) is 5.77. The van der Waals surface area contributed by atoms with Crippen LogP contribution in [0.25, 0.3) is 0 Å². The number of rotatable bonds is 6.